The summed E-state index contributed by atoms with van der Waals surface area (Å²) >= 11 is 0. The molecular weight excluding hydrogens is 176 g/mol. The summed E-state index contributed by atoms with van der Waals surface area (Å²) in [6, 6.07) is 5.86. The number of anilines is 1. The number of rotatable bonds is 1. The quantitative estimate of drug-likeness (QED) is 0.728. The normalized spacial score (nSPS) is 25.4. The minimum atomic E-state index is -0.260. The highest BCUT2D eigenvalue weighted by atomic mass is 16.3. The van der Waals surface area contributed by atoms with Crippen molar-refractivity contribution in [3.8, 4) is 0 Å². The van der Waals surface area contributed by atoms with Gasteiger partial charge in [-0.15, -0.1) is 0 Å². The van der Waals surface area contributed by atoms with Gasteiger partial charge in [-0.25, -0.2) is 4.98 Å². The van der Waals surface area contributed by atoms with Gasteiger partial charge in [-0.1, -0.05) is 19.9 Å². The summed E-state index contributed by atoms with van der Waals surface area (Å²) in [7, 11) is 0. The molecule has 1 aromatic heterocycles. The first-order valence-electron chi connectivity index (χ1n) is 4.94. The molecule has 1 aliphatic heterocycles. The van der Waals surface area contributed by atoms with Crippen molar-refractivity contribution in [2.75, 3.05) is 18.0 Å². The lowest BCUT2D eigenvalue weighted by Crippen LogP contribution is -2.26. The number of β-amino-alcohol motifs (C(OH)–C–C–N with tert-alkyl or cyclic N) is 1. The Morgan fingerprint density at radius 1 is 1.50 bits per heavy atom. The summed E-state index contributed by atoms with van der Waals surface area (Å²) in [5.41, 5.74) is -0.0302. The maximum absolute atomic E-state index is 9.82. The summed E-state index contributed by atoms with van der Waals surface area (Å²) in [5.74, 6) is 0.956. The first-order valence-corrected chi connectivity index (χ1v) is 4.94. The Morgan fingerprint density at radius 2 is 2.29 bits per heavy atom. The Hall–Kier alpha value is -1.09. The van der Waals surface area contributed by atoms with Gasteiger partial charge in [0.05, 0.1) is 6.10 Å². The molecule has 0 radical (unpaired) electrons. The van der Waals surface area contributed by atoms with Crippen LogP contribution < -0.4 is 4.90 Å². The smallest absolute Gasteiger partial charge is 0.128 e. The fourth-order valence-electron chi connectivity index (χ4n) is 1.83. The topological polar surface area (TPSA) is 36.4 Å². The lowest BCUT2D eigenvalue weighted by molar-refractivity contribution is 0.0964. The van der Waals surface area contributed by atoms with Gasteiger partial charge in [0, 0.05) is 24.7 Å². The highest BCUT2D eigenvalue weighted by molar-refractivity contribution is 5.40. The van der Waals surface area contributed by atoms with E-state index in [2.05, 4.69) is 23.7 Å². The third-order valence-electron chi connectivity index (χ3n) is 2.87. The van der Waals surface area contributed by atoms with Crippen molar-refractivity contribution in [1.29, 1.82) is 0 Å². The summed E-state index contributed by atoms with van der Waals surface area (Å²) in [6.07, 6.45) is 1.53. The van der Waals surface area contributed by atoms with E-state index >= 15 is 0 Å². The van der Waals surface area contributed by atoms with Crippen LogP contribution >= 0.6 is 0 Å². The summed E-state index contributed by atoms with van der Waals surface area (Å²) < 4.78 is 0. The van der Waals surface area contributed by atoms with Gasteiger partial charge >= 0.3 is 0 Å². The number of hydrogen-bond donors (Lipinski definition) is 1. The van der Waals surface area contributed by atoms with E-state index in [0.717, 1.165) is 12.4 Å². The van der Waals surface area contributed by atoms with Crippen molar-refractivity contribution in [3.63, 3.8) is 0 Å². The zero-order chi connectivity index (χ0) is 10.2. The van der Waals surface area contributed by atoms with E-state index < -0.39 is 0 Å². The van der Waals surface area contributed by atoms with Gasteiger partial charge < -0.3 is 10.0 Å². The van der Waals surface area contributed by atoms with Crippen LogP contribution in [0.3, 0.4) is 0 Å². The molecule has 3 nitrogen and oxygen atoms in total. The van der Waals surface area contributed by atoms with E-state index in [-0.39, 0.29) is 11.5 Å². The first-order chi connectivity index (χ1) is 6.59. The van der Waals surface area contributed by atoms with Gasteiger partial charge in [0.15, 0.2) is 0 Å². The van der Waals surface area contributed by atoms with Crippen LogP contribution in [0.25, 0.3) is 0 Å². The maximum atomic E-state index is 9.82. The Labute approximate surface area is 84.4 Å². The van der Waals surface area contributed by atoms with Gasteiger partial charge in [0.1, 0.15) is 5.82 Å². The van der Waals surface area contributed by atoms with Crippen LogP contribution in [0, 0.1) is 5.41 Å². The summed E-state index contributed by atoms with van der Waals surface area (Å²) in [6.45, 7) is 5.72. The number of hydrogen-bond acceptors (Lipinski definition) is 3. The number of nitrogens with zero attached hydrogens (tertiary/aromatic N) is 2. The van der Waals surface area contributed by atoms with E-state index in [1.807, 2.05) is 18.2 Å². The van der Waals surface area contributed by atoms with Gasteiger partial charge in [0.25, 0.3) is 0 Å². The zero-order valence-electron chi connectivity index (χ0n) is 8.64. The molecule has 2 rings (SSSR count). The lowest BCUT2D eigenvalue weighted by Gasteiger charge is -2.21. The van der Waals surface area contributed by atoms with Gasteiger partial charge in [-0.3, -0.25) is 0 Å². The Kier molecular flexibility index (Phi) is 2.19. The molecule has 1 saturated heterocycles. The van der Waals surface area contributed by atoms with Crippen LogP contribution in [0.5, 0.6) is 0 Å². The number of aromatic nitrogens is 1. The zero-order valence-corrected chi connectivity index (χ0v) is 8.64. The molecule has 76 valence electrons. The van der Waals surface area contributed by atoms with Crippen molar-refractivity contribution in [2.24, 2.45) is 5.41 Å². The second-order valence-electron chi connectivity index (χ2n) is 4.57. The fourth-order valence-corrected chi connectivity index (χ4v) is 1.83. The molecule has 0 aromatic carbocycles. The van der Waals surface area contributed by atoms with Crippen molar-refractivity contribution in [3.05, 3.63) is 24.4 Å². The molecule has 0 amide bonds. The molecule has 3 heteroatoms. The van der Waals surface area contributed by atoms with Crippen LogP contribution in [0.1, 0.15) is 13.8 Å². The van der Waals surface area contributed by atoms with Crippen LogP contribution in [0.2, 0.25) is 0 Å². The van der Waals surface area contributed by atoms with E-state index in [1.165, 1.54) is 0 Å². The Morgan fingerprint density at radius 3 is 2.79 bits per heavy atom. The van der Waals surface area contributed by atoms with Gasteiger partial charge in [0.2, 0.25) is 0 Å². The van der Waals surface area contributed by atoms with Crippen molar-refractivity contribution < 1.29 is 5.11 Å². The predicted octanol–water partition coefficient (Wildman–Crippen LogP) is 1.29. The molecule has 14 heavy (non-hydrogen) atoms. The average Bonchev–Trinajstić information content (AvgIpc) is 2.43. The third kappa shape index (κ3) is 1.60. The minimum Gasteiger partial charge on any atom is -0.391 e. The van der Waals surface area contributed by atoms with Crippen molar-refractivity contribution in [1.82, 2.24) is 4.98 Å². The number of aliphatic hydroxyl groups is 1. The Bertz CT molecular complexity index is 310. The molecule has 0 aliphatic carbocycles. The molecule has 0 spiro atoms. The molecule has 1 aliphatic rings. The average molecular weight is 192 g/mol. The first kappa shape index (κ1) is 9.46. The second-order valence-corrected chi connectivity index (χ2v) is 4.57. The summed E-state index contributed by atoms with van der Waals surface area (Å²) in [4.78, 5) is 6.41. The monoisotopic (exact) mass is 192 g/mol. The maximum Gasteiger partial charge on any atom is 0.128 e. The third-order valence-corrected chi connectivity index (χ3v) is 2.87. The molecule has 0 saturated carbocycles. The molecular formula is C11H16N2O. The molecule has 1 atom stereocenters. The van der Waals surface area contributed by atoms with Crippen LogP contribution in [0.4, 0.5) is 5.82 Å². The van der Waals surface area contributed by atoms with E-state index in [0.29, 0.717) is 6.54 Å². The van der Waals surface area contributed by atoms with E-state index in [1.54, 1.807) is 6.20 Å². The Balaban J connectivity index is 2.17. The van der Waals surface area contributed by atoms with Crippen LogP contribution in [0.15, 0.2) is 24.4 Å². The molecule has 1 unspecified atom stereocenters. The second kappa shape index (κ2) is 3.24. The largest absolute Gasteiger partial charge is 0.391 e. The molecule has 1 aromatic rings. The van der Waals surface area contributed by atoms with Crippen molar-refractivity contribution >= 4 is 5.82 Å². The van der Waals surface area contributed by atoms with Crippen molar-refractivity contribution in [2.45, 2.75) is 20.0 Å². The van der Waals surface area contributed by atoms with E-state index in [4.69, 9.17) is 0 Å². The molecule has 1 fully saturated rings. The summed E-state index contributed by atoms with van der Waals surface area (Å²) in [5, 5.41) is 9.82. The van der Waals surface area contributed by atoms with Crippen LogP contribution in [-0.2, 0) is 0 Å². The standard InChI is InChI=1S/C11H16N2O/c1-11(2)8-13(7-9(11)14)10-5-3-4-6-12-10/h3-6,9,14H,7-8H2,1-2H3. The van der Waals surface area contributed by atoms with Gasteiger partial charge in [-0.05, 0) is 12.1 Å². The molecule has 1 N–H and O–H groups in total. The molecule has 2 heterocycles. The fraction of sp³-hybridized carbons (Fsp3) is 0.545. The highest BCUT2D eigenvalue weighted by Crippen LogP contribution is 2.31. The number of pyridine rings is 1. The molecule has 0 bridgehead atoms. The van der Waals surface area contributed by atoms with Crippen LogP contribution in [-0.4, -0.2) is 29.3 Å². The highest BCUT2D eigenvalue weighted by Gasteiger charge is 2.38. The minimum absolute atomic E-state index is 0.0302. The SMILES string of the molecule is CC1(C)CN(c2ccccn2)CC1O. The lowest BCUT2D eigenvalue weighted by atomic mass is 9.90. The van der Waals surface area contributed by atoms with Gasteiger partial charge in [-0.2, -0.15) is 0 Å². The predicted molar refractivity (Wildman–Crippen MR) is 56.2 cm³/mol. The number of aliphatic hydroxyl groups excluding tert-OH is 1. The van der Waals surface area contributed by atoms with E-state index in [9.17, 15) is 5.11 Å².